The van der Waals surface area contributed by atoms with Gasteiger partial charge in [-0.2, -0.15) is 0 Å². The van der Waals surface area contributed by atoms with E-state index < -0.39 is 0 Å². The Hall–Kier alpha value is -0.0500. The molecule has 1 aliphatic rings. The number of rotatable bonds is 4. The normalized spacial score (nSPS) is 20.3. The van der Waals surface area contributed by atoms with E-state index >= 15 is 0 Å². The molecule has 0 unspecified atom stereocenters. The van der Waals surface area contributed by atoms with Gasteiger partial charge in [0.2, 0.25) is 5.91 Å². The van der Waals surface area contributed by atoms with Gasteiger partial charge in [-0.3, -0.25) is 4.79 Å². The molecule has 0 aromatic rings. The van der Waals surface area contributed by atoms with Crippen LogP contribution >= 0.6 is 15.9 Å². The molecule has 0 radical (unpaired) electrons. The Balaban J connectivity index is 2.66. The fourth-order valence-electron chi connectivity index (χ4n) is 2.27. The molecule has 0 aromatic carbocycles. The third kappa shape index (κ3) is 2.96. The summed E-state index contributed by atoms with van der Waals surface area (Å²) in [5, 5.41) is 3.95. The maximum Gasteiger partial charge on any atom is 0.226 e. The highest BCUT2D eigenvalue weighted by Gasteiger charge is 2.40. The fraction of sp³-hybridized carbons (Fsp3) is 0.917. The lowest BCUT2D eigenvalue weighted by Crippen LogP contribution is -2.50. The molecule has 1 N–H and O–H groups in total. The Kier molecular flexibility index (Phi) is 4.21. The van der Waals surface area contributed by atoms with Gasteiger partial charge in [0.1, 0.15) is 0 Å². The zero-order chi connectivity index (χ0) is 11.5. The van der Waals surface area contributed by atoms with Crippen molar-refractivity contribution in [3.63, 3.8) is 0 Å². The fourth-order valence-corrected chi connectivity index (χ4v) is 2.41. The van der Waals surface area contributed by atoms with Gasteiger partial charge >= 0.3 is 0 Å². The van der Waals surface area contributed by atoms with E-state index in [1.54, 1.807) is 0 Å². The Bertz CT molecular complexity index is 232. The Morgan fingerprint density at radius 2 is 1.93 bits per heavy atom. The molecule has 88 valence electrons. The van der Waals surface area contributed by atoms with Gasteiger partial charge in [0.15, 0.2) is 0 Å². The first-order valence-corrected chi connectivity index (χ1v) is 6.96. The van der Waals surface area contributed by atoms with E-state index in [1.165, 1.54) is 12.8 Å². The van der Waals surface area contributed by atoms with Crippen LogP contribution in [0.2, 0.25) is 0 Å². The van der Waals surface area contributed by atoms with Crippen molar-refractivity contribution in [2.75, 3.05) is 5.33 Å². The predicted octanol–water partition coefficient (Wildman–Crippen LogP) is 3.25. The van der Waals surface area contributed by atoms with Crippen LogP contribution in [0.3, 0.4) is 0 Å². The van der Waals surface area contributed by atoms with Crippen molar-refractivity contribution in [2.24, 2.45) is 5.41 Å². The van der Waals surface area contributed by atoms with Gasteiger partial charge in [0.25, 0.3) is 0 Å². The van der Waals surface area contributed by atoms with E-state index in [9.17, 15) is 4.79 Å². The van der Waals surface area contributed by atoms with Crippen molar-refractivity contribution in [3.8, 4) is 0 Å². The monoisotopic (exact) mass is 275 g/mol. The van der Waals surface area contributed by atoms with Crippen LogP contribution in [0.1, 0.15) is 52.9 Å². The minimum atomic E-state index is -0.137. The van der Waals surface area contributed by atoms with E-state index in [1.807, 2.05) is 0 Å². The maximum absolute atomic E-state index is 12.2. The van der Waals surface area contributed by atoms with Crippen molar-refractivity contribution in [3.05, 3.63) is 0 Å². The molecular weight excluding hydrogens is 254 g/mol. The summed E-state index contributed by atoms with van der Waals surface area (Å²) in [5.74, 6) is 0.256. The van der Waals surface area contributed by atoms with Crippen LogP contribution < -0.4 is 5.32 Å². The van der Waals surface area contributed by atoms with Crippen LogP contribution in [0.15, 0.2) is 0 Å². The summed E-state index contributed by atoms with van der Waals surface area (Å²) < 4.78 is 0. The lowest BCUT2D eigenvalue weighted by atomic mass is 9.82. The summed E-state index contributed by atoms with van der Waals surface area (Å²) in [6.07, 6.45) is 5.50. The van der Waals surface area contributed by atoms with Crippen LogP contribution in [-0.2, 0) is 4.79 Å². The van der Waals surface area contributed by atoms with Crippen LogP contribution in [0, 0.1) is 5.41 Å². The maximum atomic E-state index is 12.2. The predicted molar refractivity (Wildman–Crippen MR) is 67.2 cm³/mol. The molecule has 15 heavy (non-hydrogen) atoms. The molecule has 1 fully saturated rings. The summed E-state index contributed by atoms with van der Waals surface area (Å²) >= 11 is 3.43. The molecule has 0 saturated heterocycles. The number of alkyl halides is 1. The first-order chi connectivity index (χ1) is 6.96. The van der Waals surface area contributed by atoms with Crippen LogP contribution in [0.25, 0.3) is 0 Å². The molecule has 3 heteroatoms. The Morgan fingerprint density at radius 3 is 2.33 bits per heavy atom. The van der Waals surface area contributed by atoms with Gasteiger partial charge in [-0.25, -0.2) is 0 Å². The summed E-state index contributed by atoms with van der Waals surface area (Å²) in [5.41, 5.74) is -0.207. The third-order valence-corrected chi connectivity index (χ3v) is 4.91. The van der Waals surface area contributed by atoms with E-state index in [2.05, 4.69) is 42.0 Å². The molecule has 1 amide bonds. The number of amides is 1. The van der Waals surface area contributed by atoms with Gasteiger partial charge < -0.3 is 5.32 Å². The number of nitrogens with one attached hydrogen (secondary N) is 1. The second kappa shape index (κ2) is 4.86. The average Bonchev–Trinajstić information content (AvgIpc) is 2.66. The zero-order valence-electron chi connectivity index (χ0n) is 10.0. The summed E-state index contributed by atoms with van der Waals surface area (Å²) in [6.45, 7) is 6.24. The first kappa shape index (κ1) is 13.0. The van der Waals surface area contributed by atoms with Gasteiger partial charge in [-0.1, -0.05) is 35.7 Å². The molecular formula is C12H22BrNO. The summed E-state index contributed by atoms with van der Waals surface area (Å²) in [4.78, 5) is 12.2. The van der Waals surface area contributed by atoms with Crippen LogP contribution in [-0.4, -0.2) is 16.8 Å². The number of hydrogen-bond donors (Lipinski definition) is 1. The number of carbonyl (C=O) groups is 1. The zero-order valence-corrected chi connectivity index (χ0v) is 11.6. The molecule has 1 rings (SSSR count). The molecule has 0 heterocycles. The lowest BCUT2D eigenvalue weighted by molar-refractivity contribution is -0.132. The second-order valence-corrected chi connectivity index (χ2v) is 5.87. The number of hydrogen-bond acceptors (Lipinski definition) is 1. The molecule has 0 bridgehead atoms. The topological polar surface area (TPSA) is 29.1 Å². The molecule has 1 aliphatic carbocycles. The highest BCUT2D eigenvalue weighted by Crippen LogP contribution is 2.41. The van der Waals surface area contributed by atoms with E-state index in [-0.39, 0.29) is 16.9 Å². The molecule has 0 atom stereocenters. The van der Waals surface area contributed by atoms with Gasteiger partial charge in [-0.05, 0) is 33.1 Å². The van der Waals surface area contributed by atoms with Gasteiger partial charge in [-0.15, -0.1) is 0 Å². The van der Waals surface area contributed by atoms with Crippen molar-refractivity contribution in [1.29, 1.82) is 0 Å². The smallest absolute Gasteiger partial charge is 0.226 e. The van der Waals surface area contributed by atoms with E-state index in [0.717, 1.165) is 24.6 Å². The highest BCUT2D eigenvalue weighted by molar-refractivity contribution is 9.09. The van der Waals surface area contributed by atoms with E-state index in [4.69, 9.17) is 0 Å². The van der Waals surface area contributed by atoms with Gasteiger partial charge in [0, 0.05) is 16.3 Å². The van der Waals surface area contributed by atoms with Crippen LogP contribution in [0.5, 0.6) is 0 Å². The van der Waals surface area contributed by atoms with E-state index in [0.29, 0.717) is 0 Å². The standard InChI is InChI=1S/C12H22BrNO/c1-4-12(7-5-6-8-12)10(15)14-11(2,3)9-13/h4-9H2,1-3H3,(H,14,15). The number of halogens is 1. The second-order valence-electron chi connectivity index (χ2n) is 5.31. The van der Waals surface area contributed by atoms with Crippen LogP contribution in [0.4, 0.5) is 0 Å². The van der Waals surface area contributed by atoms with Crippen molar-refractivity contribution in [1.82, 2.24) is 5.32 Å². The quantitative estimate of drug-likeness (QED) is 0.785. The Labute approximate surface area is 101 Å². The summed E-state index contributed by atoms with van der Waals surface area (Å²) in [7, 11) is 0. The molecule has 0 aromatic heterocycles. The SMILES string of the molecule is CCC1(C(=O)NC(C)(C)CBr)CCCC1. The first-order valence-electron chi connectivity index (χ1n) is 5.84. The molecule has 0 spiro atoms. The van der Waals surface area contributed by atoms with Crippen molar-refractivity contribution < 1.29 is 4.79 Å². The largest absolute Gasteiger partial charge is 0.350 e. The lowest BCUT2D eigenvalue weighted by Gasteiger charge is -2.32. The third-order valence-electron chi connectivity index (χ3n) is 3.51. The average molecular weight is 276 g/mol. The van der Waals surface area contributed by atoms with Crippen molar-refractivity contribution >= 4 is 21.8 Å². The molecule has 0 aliphatic heterocycles. The Morgan fingerprint density at radius 1 is 1.40 bits per heavy atom. The molecule has 1 saturated carbocycles. The minimum Gasteiger partial charge on any atom is -0.350 e. The van der Waals surface area contributed by atoms with Crippen molar-refractivity contribution in [2.45, 2.75) is 58.4 Å². The molecule has 2 nitrogen and oxygen atoms in total. The number of carbonyl (C=O) groups excluding carboxylic acids is 1. The van der Waals surface area contributed by atoms with Gasteiger partial charge in [0.05, 0.1) is 0 Å². The highest BCUT2D eigenvalue weighted by atomic mass is 79.9. The minimum absolute atomic E-state index is 0.0700. The summed E-state index contributed by atoms with van der Waals surface area (Å²) in [6, 6.07) is 0.